The Balaban J connectivity index is 2.05. The van der Waals surface area contributed by atoms with Crippen LogP contribution in [0.2, 0.25) is 0 Å². The second-order valence-corrected chi connectivity index (χ2v) is 9.08. The number of methoxy groups -OCH3 is 2. The summed E-state index contributed by atoms with van der Waals surface area (Å²) >= 11 is 0. The second kappa shape index (κ2) is 11.2. The molecular weight excluding hydrogens is 518 g/mol. The third kappa shape index (κ3) is 4.71. The van der Waals surface area contributed by atoms with Crippen LogP contribution in [0.15, 0.2) is 77.3 Å². The number of carbonyl (C=O) groups is 2. The smallest absolute Gasteiger partial charge is 0.355 e. The molecule has 11 heteroatoms. The molecule has 1 heterocycles. The second-order valence-electron chi connectivity index (χ2n) is 9.08. The first-order valence-corrected chi connectivity index (χ1v) is 12.0. The van der Waals surface area contributed by atoms with Crippen molar-refractivity contribution < 1.29 is 36.6 Å². The fourth-order valence-electron chi connectivity index (χ4n) is 5.18. The summed E-state index contributed by atoms with van der Waals surface area (Å²) in [6.45, 7) is 0. The average Bonchev–Trinajstić information content (AvgIpc) is 2.95. The van der Waals surface area contributed by atoms with E-state index in [9.17, 15) is 23.6 Å². The summed E-state index contributed by atoms with van der Waals surface area (Å²) in [7, 11) is 2.12. The van der Waals surface area contributed by atoms with Crippen LogP contribution in [0.5, 0.6) is 0 Å². The summed E-state index contributed by atoms with van der Waals surface area (Å²) in [6.07, 6.45) is -10.3. The highest BCUT2D eigenvalue weighted by molar-refractivity contribution is 6.06. The van der Waals surface area contributed by atoms with Gasteiger partial charge in [0.15, 0.2) is 0 Å². The Morgan fingerprint density at radius 2 is 1.49 bits per heavy atom. The van der Waals surface area contributed by atoms with Gasteiger partial charge >= 0.3 is 11.9 Å². The highest BCUT2D eigenvalue weighted by Crippen LogP contribution is 2.48. The number of hydrogen-bond acceptors (Lipinski definition) is 7. The quantitative estimate of drug-likeness (QED) is 0.440. The fourth-order valence-corrected chi connectivity index (χ4v) is 5.18. The highest BCUT2D eigenvalue weighted by atomic mass is 19.2. The summed E-state index contributed by atoms with van der Waals surface area (Å²) in [4.78, 5) is 27.4. The molecule has 0 bridgehead atoms. The lowest BCUT2D eigenvalue weighted by Crippen LogP contribution is -2.45. The number of rotatable bonds is 5. The Labute approximate surface area is 222 Å². The first kappa shape index (κ1) is 27.7. The van der Waals surface area contributed by atoms with Gasteiger partial charge in [-0.1, -0.05) is 48.5 Å². The molecular formula is C28H25F4N3O4. The molecule has 2 aromatic rings. The summed E-state index contributed by atoms with van der Waals surface area (Å²) < 4.78 is 69.0. The van der Waals surface area contributed by atoms with Gasteiger partial charge in [0, 0.05) is 6.42 Å². The van der Waals surface area contributed by atoms with Crippen LogP contribution in [-0.2, 0) is 19.1 Å². The lowest BCUT2D eigenvalue weighted by molar-refractivity contribution is -0.139. The van der Waals surface area contributed by atoms with E-state index >= 15 is 8.78 Å². The molecule has 1 aliphatic heterocycles. The number of esters is 2. The van der Waals surface area contributed by atoms with Crippen molar-refractivity contribution in [3.63, 3.8) is 0 Å². The minimum absolute atomic E-state index is 0.160. The molecule has 0 spiro atoms. The first-order valence-electron chi connectivity index (χ1n) is 12.0. The molecule has 2 aliphatic rings. The number of ether oxygens (including phenoxy) is 2. The largest absolute Gasteiger partial charge is 0.466 e. The van der Waals surface area contributed by atoms with Crippen LogP contribution in [0.3, 0.4) is 0 Å². The average molecular weight is 544 g/mol. The van der Waals surface area contributed by atoms with Gasteiger partial charge in [-0.3, -0.25) is 4.90 Å². The lowest BCUT2D eigenvalue weighted by atomic mass is 9.77. The van der Waals surface area contributed by atoms with Gasteiger partial charge in [-0.2, -0.15) is 5.26 Å². The van der Waals surface area contributed by atoms with Crippen LogP contribution in [0, 0.1) is 11.3 Å². The Hall–Kier alpha value is -4.33. The predicted octanol–water partition coefficient (Wildman–Crippen LogP) is 4.42. The molecule has 2 aromatic carbocycles. The lowest BCUT2D eigenvalue weighted by Gasteiger charge is -2.39. The van der Waals surface area contributed by atoms with Crippen molar-refractivity contribution in [1.82, 2.24) is 0 Å². The molecule has 5 unspecified atom stereocenters. The van der Waals surface area contributed by atoms with Gasteiger partial charge in [0.1, 0.15) is 36.2 Å². The topological polar surface area (TPSA) is 106 Å². The number of halogens is 4. The maximum atomic E-state index is 15.1. The number of nitrogens with zero attached hydrogens (tertiary/aromatic N) is 2. The maximum Gasteiger partial charge on any atom is 0.355 e. The van der Waals surface area contributed by atoms with Gasteiger partial charge in [0.25, 0.3) is 0 Å². The van der Waals surface area contributed by atoms with E-state index in [0.717, 1.165) is 19.1 Å². The zero-order chi connectivity index (χ0) is 28.4. The van der Waals surface area contributed by atoms with Crippen molar-refractivity contribution in [3.05, 3.63) is 88.4 Å². The van der Waals surface area contributed by atoms with E-state index in [2.05, 4.69) is 0 Å². The number of para-hydroxylation sites is 1. The molecule has 0 radical (unpaired) electrons. The number of carbonyl (C=O) groups excluding carboxylic acids is 2. The molecule has 1 saturated carbocycles. The molecule has 0 saturated heterocycles. The predicted molar refractivity (Wildman–Crippen MR) is 133 cm³/mol. The summed E-state index contributed by atoms with van der Waals surface area (Å²) in [5.41, 5.74) is 5.54. The van der Waals surface area contributed by atoms with Gasteiger partial charge in [-0.05, 0) is 17.2 Å². The Morgan fingerprint density at radius 1 is 0.923 bits per heavy atom. The van der Waals surface area contributed by atoms with Gasteiger partial charge in [-0.25, -0.2) is 27.2 Å². The van der Waals surface area contributed by atoms with Crippen LogP contribution in [-0.4, -0.2) is 50.8 Å². The van der Waals surface area contributed by atoms with Gasteiger partial charge in [0.05, 0.1) is 49.0 Å². The molecule has 0 aromatic heterocycles. The summed E-state index contributed by atoms with van der Waals surface area (Å²) in [5, 5.41) is 10.2. The van der Waals surface area contributed by atoms with E-state index in [1.54, 1.807) is 30.3 Å². The minimum Gasteiger partial charge on any atom is -0.466 e. The Kier molecular flexibility index (Phi) is 7.95. The van der Waals surface area contributed by atoms with E-state index in [1.165, 1.54) is 24.3 Å². The number of benzene rings is 2. The van der Waals surface area contributed by atoms with E-state index in [4.69, 9.17) is 15.2 Å². The zero-order valence-electron chi connectivity index (χ0n) is 21.0. The van der Waals surface area contributed by atoms with Crippen molar-refractivity contribution in [2.75, 3.05) is 19.1 Å². The van der Waals surface area contributed by atoms with E-state index in [-0.39, 0.29) is 28.2 Å². The molecule has 0 amide bonds. The van der Waals surface area contributed by atoms with E-state index in [0.29, 0.717) is 5.56 Å². The van der Waals surface area contributed by atoms with Crippen LogP contribution >= 0.6 is 0 Å². The number of allylic oxidation sites excluding steroid dienone is 1. The molecule has 4 rings (SSSR count). The van der Waals surface area contributed by atoms with Crippen LogP contribution in [0.1, 0.15) is 29.4 Å². The maximum absolute atomic E-state index is 15.1. The van der Waals surface area contributed by atoms with Crippen LogP contribution in [0.25, 0.3) is 0 Å². The van der Waals surface area contributed by atoms with Gasteiger partial charge in [-0.15, -0.1) is 0 Å². The van der Waals surface area contributed by atoms with Crippen molar-refractivity contribution >= 4 is 17.6 Å². The number of alkyl halides is 4. The SMILES string of the molecule is COC(=O)C1=C(C(=O)OC)N(c2ccccc2C2C(F)C(F)CC(F)C2F)C(N)=C(C#N)C1c1ccccc1. The fraction of sp³-hybridized carbons (Fsp3) is 0.321. The third-order valence-electron chi connectivity index (χ3n) is 6.97. The Bertz CT molecular complexity index is 1360. The molecule has 1 fully saturated rings. The van der Waals surface area contributed by atoms with Gasteiger partial charge < -0.3 is 15.2 Å². The normalized spacial score (nSPS) is 27.2. The van der Waals surface area contributed by atoms with E-state index < -0.39 is 60.6 Å². The minimum atomic E-state index is -2.42. The highest BCUT2D eigenvalue weighted by Gasteiger charge is 2.50. The van der Waals surface area contributed by atoms with Crippen molar-refractivity contribution in [3.8, 4) is 6.07 Å². The van der Waals surface area contributed by atoms with Crippen LogP contribution in [0.4, 0.5) is 23.2 Å². The molecule has 7 nitrogen and oxygen atoms in total. The van der Waals surface area contributed by atoms with Crippen LogP contribution < -0.4 is 10.6 Å². The number of hydrogen-bond donors (Lipinski definition) is 1. The standard InChI is InChI=1S/C28H25F4N3O4/c1-38-27(36)22-20(14-8-4-3-5-9-14)16(13-33)26(34)35(25(22)28(37)39-2)19-11-7-6-10-15(19)21-23(31)17(29)12-18(30)24(21)32/h3-11,17-18,20-21,23-24H,12,34H2,1-2H3. The van der Waals surface area contributed by atoms with Gasteiger partial charge in [0.2, 0.25) is 0 Å². The zero-order valence-corrected chi connectivity index (χ0v) is 21.0. The number of nitriles is 1. The molecule has 5 atom stereocenters. The monoisotopic (exact) mass is 543 g/mol. The molecule has 1 aliphatic carbocycles. The third-order valence-corrected chi connectivity index (χ3v) is 6.97. The summed E-state index contributed by atoms with van der Waals surface area (Å²) in [5.74, 6) is -5.49. The Morgan fingerprint density at radius 3 is 2.05 bits per heavy atom. The molecule has 2 N–H and O–H groups in total. The van der Waals surface area contributed by atoms with Crippen molar-refractivity contribution in [2.24, 2.45) is 5.73 Å². The number of nitrogens with two attached hydrogens (primary N) is 1. The number of anilines is 1. The molecule has 204 valence electrons. The van der Waals surface area contributed by atoms with Crippen molar-refractivity contribution in [1.29, 1.82) is 5.26 Å². The van der Waals surface area contributed by atoms with E-state index in [1.807, 2.05) is 6.07 Å². The van der Waals surface area contributed by atoms with Crippen molar-refractivity contribution in [2.45, 2.75) is 42.9 Å². The first-order chi connectivity index (χ1) is 18.7. The molecule has 39 heavy (non-hydrogen) atoms. The summed E-state index contributed by atoms with van der Waals surface area (Å²) in [6, 6.07) is 15.6.